The summed E-state index contributed by atoms with van der Waals surface area (Å²) in [5, 5.41) is 0.697. The molecule has 1 aromatic heterocycles. The summed E-state index contributed by atoms with van der Waals surface area (Å²) in [6.45, 7) is 2.19. The number of halogens is 1. The van der Waals surface area contributed by atoms with Gasteiger partial charge in [-0.3, -0.25) is 0 Å². The number of hydrogen-bond donors (Lipinski definition) is 0. The Morgan fingerprint density at radius 2 is 1.91 bits per heavy atom. The molecule has 0 aliphatic heterocycles. The van der Waals surface area contributed by atoms with E-state index in [0.29, 0.717) is 34.6 Å². The maximum atomic E-state index is 11.9. The number of fused-ring (bicyclic) bond motifs is 1. The lowest BCUT2D eigenvalue weighted by Gasteiger charge is -2.06. The van der Waals surface area contributed by atoms with E-state index in [4.69, 9.17) is 13.9 Å². The molecule has 0 spiro atoms. The number of methoxy groups -OCH3 is 1. The van der Waals surface area contributed by atoms with Gasteiger partial charge in [0.25, 0.3) is 0 Å². The number of carbonyl (C=O) groups excluding carboxylic acids is 1. The van der Waals surface area contributed by atoms with Gasteiger partial charge >= 0.3 is 5.97 Å². The van der Waals surface area contributed by atoms with E-state index < -0.39 is 5.97 Å². The molecule has 0 atom stereocenters. The van der Waals surface area contributed by atoms with Crippen LogP contribution in [-0.4, -0.2) is 13.1 Å². The van der Waals surface area contributed by atoms with Gasteiger partial charge in [-0.2, -0.15) is 0 Å². The predicted molar refractivity (Wildman–Crippen MR) is 90.8 cm³/mol. The van der Waals surface area contributed by atoms with Gasteiger partial charge in [0, 0.05) is 9.86 Å². The molecular weight excluding hydrogens is 360 g/mol. The number of rotatable bonds is 4. The molecule has 0 aliphatic rings. The Hall–Kier alpha value is -2.27. The Morgan fingerprint density at radius 3 is 2.61 bits per heavy atom. The maximum absolute atomic E-state index is 11.9. The highest BCUT2D eigenvalue weighted by Gasteiger charge is 2.19. The molecule has 0 saturated heterocycles. The maximum Gasteiger partial charge on any atom is 0.342 e. The third-order valence-corrected chi connectivity index (χ3v) is 4.07. The molecule has 3 aromatic rings. The highest BCUT2D eigenvalue weighted by molar-refractivity contribution is 9.10. The number of aryl methyl sites for hydroxylation is 1. The fourth-order valence-electron chi connectivity index (χ4n) is 2.39. The van der Waals surface area contributed by atoms with Gasteiger partial charge in [0.15, 0.2) is 0 Å². The van der Waals surface area contributed by atoms with Gasteiger partial charge in [0.1, 0.15) is 29.3 Å². The monoisotopic (exact) mass is 374 g/mol. The van der Waals surface area contributed by atoms with Crippen LogP contribution in [0.3, 0.4) is 0 Å². The van der Waals surface area contributed by atoms with E-state index in [-0.39, 0.29) is 0 Å². The summed E-state index contributed by atoms with van der Waals surface area (Å²) in [5.41, 5.74) is 2.14. The van der Waals surface area contributed by atoms with E-state index in [1.165, 1.54) is 7.11 Å². The highest BCUT2D eigenvalue weighted by Crippen LogP contribution is 2.30. The van der Waals surface area contributed by atoms with Gasteiger partial charge in [0.2, 0.25) is 0 Å². The van der Waals surface area contributed by atoms with Crippen molar-refractivity contribution < 1.29 is 18.7 Å². The second kappa shape index (κ2) is 6.46. The molecule has 1 heterocycles. The van der Waals surface area contributed by atoms with Crippen LogP contribution < -0.4 is 4.74 Å². The van der Waals surface area contributed by atoms with Crippen molar-refractivity contribution in [3.63, 3.8) is 0 Å². The van der Waals surface area contributed by atoms with E-state index in [2.05, 4.69) is 15.9 Å². The van der Waals surface area contributed by atoms with Crippen LogP contribution in [0, 0.1) is 6.92 Å². The van der Waals surface area contributed by atoms with Crippen molar-refractivity contribution in [2.45, 2.75) is 13.5 Å². The van der Waals surface area contributed by atoms with Gasteiger partial charge in [-0.1, -0.05) is 28.1 Å². The molecule has 0 aliphatic carbocycles. The van der Waals surface area contributed by atoms with Crippen molar-refractivity contribution in [1.29, 1.82) is 0 Å². The highest BCUT2D eigenvalue weighted by atomic mass is 79.9. The standard InChI is InChI=1S/C18H15BrO4/c1-11-17(18(20)21-2)15-9-14(7-8-16(15)23-11)22-10-12-3-5-13(19)6-4-12/h3-9H,10H2,1-2H3. The first kappa shape index (κ1) is 15.6. The topological polar surface area (TPSA) is 48.7 Å². The van der Waals surface area contributed by atoms with Crippen LogP contribution in [0.4, 0.5) is 0 Å². The van der Waals surface area contributed by atoms with Crippen molar-refractivity contribution in [2.24, 2.45) is 0 Å². The fourth-order valence-corrected chi connectivity index (χ4v) is 2.66. The Labute approximate surface area is 142 Å². The van der Waals surface area contributed by atoms with E-state index in [0.717, 1.165) is 10.0 Å². The molecule has 2 aromatic carbocycles. The van der Waals surface area contributed by atoms with Gasteiger partial charge in [-0.25, -0.2) is 4.79 Å². The summed E-state index contributed by atoms with van der Waals surface area (Å²) in [7, 11) is 1.36. The molecule has 0 unspecified atom stereocenters. The number of furan rings is 1. The molecule has 5 heteroatoms. The van der Waals surface area contributed by atoms with Crippen molar-refractivity contribution in [3.05, 3.63) is 63.8 Å². The fraction of sp³-hybridized carbons (Fsp3) is 0.167. The van der Waals surface area contributed by atoms with Gasteiger partial charge in [-0.15, -0.1) is 0 Å². The number of esters is 1. The summed E-state index contributed by atoms with van der Waals surface area (Å²) in [4.78, 5) is 11.9. The molecule has 23 heavy (non-hydrogen) atoms. The molecule has 0 N–H and O–H groups in total. The first-order valence-electron chi connectivity index (χ1n) is 7.07. The summed E-state index contributed by atoms with van der Waals surface area (Å²) >= 11 is 3.40. The Balaban J connectivity index is 1.87. The largest absolute Gasteiger partial charge is 0.489 e. The van der Waals surface area contributed by atoms with E-state index in [9.17, 15) is 4.79 Å². The molecule has 0 amide bonds. The average Bonchev–Trinajstić information content (AvgIpc) is 2.88. The van der Waals surface area contributed by atoms with Crippen LogP contribution in [0.15, 0.2) is 51.4 Å². The zero-order valence-electron chi connectivity index (χ0n) is 12.8. The first-order chi connectivity index (χ1) is 11.1. The molecule has 0 fully saturated rings. The van der Waals surface area contributed by atoms with E-state index >= 15 is 0 Å². The van der Waals surface area contributed by atoms with Crippen LogP contribution in [0.25, 0.3) is 11.0 Å². The first-order valence-corrected chi connectivity index (χ1v) is 7.86. The summed E-state index contributed by atoms with van der Waals surface area (Å²) in [5.74, 6) is 0.801. The Kier molecular flexibility index (Phi) is 4.39. The lowest BCUT2D eigenvalue weighted by Crippen LogP contribution is -2.02. The molecule has 0 bridgehead atoms. The number of carbonyl (C=O) groups is 1. The quantitative estimate of drug-likeness (QED) is 0.611. The van der Waals surface area contributed by atoms with Crippen LogP contribution in [-0.2, 0) is 11.3 Å². The van der Waals surface area contributed by atoms with Gasteiger partial charge < -0.3 is 13.9 Å². The van der Waals surface area contributed by atoms with Crippen molar-refractivity contribution >= 4 is 32.9 Å². The number of benzene rings is 2. The minimum atomic E-state index is -0.411. The molecule has 3 rings (SSSR count). The lowest BCUT2D eigenvalue weighted by molar-refractivity contribution is 0.0601. The van der Waals surface area contributed by atoms with E-state index in [1.54, 1.807) is 19.1 Å². The SMILES string of the molecule is COC(=O)c1c(C)oc2ccc(OCc3ccc(Br)cc3)cc12. The predicted octanol–water partition coefficient (Wildman–Crippen LogP) is 4.87. The zero-order valence-corrected chi connectivity index (χ0v) is 14.3. The van der Waals surface area contributed by atoms with Crippen molar-refractivity contribution in [1.82, 2.24) is 0 Å². The summed E-state index contributed by atoms with van der Waals surface area (Å²) in [6, 6.07) is 13.3. The van der Waals surface area contributed by atoms with Gasteiger partial charge in [0.05, 0.1) is 7.11 Å². The average molecular weight is 375 g/mol. The van der Waals surface area contributed by atoms with Gasteiger partial charge in [-0.05, 0) is 42.8 Å². The number of ether oxygens (including phenoxy) is 2. The molecular formula is C18H15BrO4. The zero-order chi connectivity index (χ0) is 16.4. The van der Waals surface area contributed by atoms with Crippen molar-refractivity contribution in [2.75, 3.05) is 7.11 Å². The van der Waals surface area contributed by atoms with Crippen LogP contribution >= 0.6 is 15.9 Å². The Bertz CT molecular complexity index is 849. The summed E-state index contributed by atoms with van der Waals surface area (Å²) in [6.07, 6.45) is 0. The summed E-state index contributed by atoms with van der Waals surface area (Å²) < 4.78 is 17.2. The third kappa shape index (κ3) is 3.24. The molecule has 0 saturated carbocycles. The van der Waals surface area contributed by atoms with Crippen LogP contribution in [0.5, 0.6) is 5.75 Å². The van der Waals surface area contributed by atoms with Crippen molar-refractivity contribution in [3.8, 4) is 5.75 Å². The lowest BCUT2D eigenvalue weighted by atomic mass is 10.1. The second-order valence-electron chi connectivity index (χ2n) is 5.10. The second-order valence-corrected chi connectivity index (χ2v) is 6.01. The molecule has 4 nitrogen and oxygen atoms in total. The third-order valence-electron chi connectivity index (χ3n) is 3.54. The number of hydrogen-bond acceptors (Lipinski definition) is 4. The molecule has 0 radical (unpaired) electrons. The smallest absolute Gasteiger partial charge is 0.342 e. The minimum Gasteiger partial charge on any atom is -0.489 e. The Morgan fingerprint density at radius 1 is 1.17 bits per heavy atom. The van der Waals surface area contributed by atoms with Crippen LogP contribution in [0.1, 0.15) is 21.7 Å². The molecule has 118 valence electrons. The normalized spacial score (nSPS) is 10.7. The van der Waals surface area contributed by atoms with E-state index in [1.807, 2.05) is 30.3 Å². The van der Waals surface area contributed by atoms with Crippen LogP contribution in [0.2, 0.25) is 0 Å². The minimum absolute atomic E-state index is 0.411.